The minimum Gasteiger partial charge on any atom is -0.338 e. The Hall–Kier alpha value is -2.31. The van der Waals surface area contributed by atoms with Crippen LogP contribution in [0.1, 0.15) is 25.7 Å². The number of nitrogens with zero attached hydrogens (tertiary/aromatic N) is 6. The average molecular weight is 298 g/mol. The van der Waals surface area contributed by atoms with E-state index in [1.54, 1.807) is 11.0 Å². The summed E-state index contributed by atoms with van der Waals surface area (Å²) in [6.07, 6.45) is 5.88. The highest BCUT2D eigenvalue weighted by Gasteiger charge is 2.38. The van der Waals surface area contributed by atoms with Crippen molar-refractivity contribution in [2.75, 3.05) is 6.54 Å². The third kappa shape index (κ3) is 2.58. The molecule has 0 spiro atoms. The molecular weight excluding hydrogens is 280 g/mol. The van der Waals surface area contributed by atoms with Gasteiger partial charge in [0.25, 0.3) is 0 Å². The molecule has 22 heavy (non-hydrogen) atoms. The molecular formula is C15H18N6O. The van der Waals surface area contributed by atoms with E-state index in [4.69, 9.17) is 0 Å². The molecule has 2 aromatic rings. The van der Waals surface area contributed by atoms with Gasteiger partial charge in [-0.2, -0.15) is 4.80 Å². The van der Waals surface area contributed by atoms with Crippen LogP contribution in [0, 0.1) is 5.92 Å². The Morgan fingerprint density at radius 3 is 2.95 bits per heavy atom. The molecule has 0 radical (unpaired) electrons. The molecule has 0 bridgehead atoms. The van der Waals surface area contributed by atoms with Crippen molar-refractivity contribution in [1.82, 2.24) is 30.1 Å². The molecule has 0 N–H and O–H groups in total. The maximum atomic E-state index is 12.3. The van der Waals surface area contributed by atoms with Crippen molar-refractivity contribution in [2.24, 2.45) is 5.92 Å². The van der Waals surface area contributed by atoms with E-state index in [0.29, 0.717) is 24.0 Å². The van der Waals surface area contributed by atoms with Gasteiger partial charge in [0, 0.05) is 18.7 Å². The number of pyridine rings is 1. The number of aromatic nitrogens is 5. The van der Waals surface area contributed by atoms with Gasteiger partial charge in [-0.3, -0.25) is 9.78 Å². The van der Waals surface area contributed by atoms with E-state index in [1.807, 2.05) is 23.1 Å². The second kappa shape index (κ2) is 5.47. The largest absolute Gasteiger partial charge is 0.338 e. The monoisotopic (exact) mass is 298 g/mol. The zero-order valence-corrected chi connectivity index (χ0v) is 12.3. The van der Waals surface area contributed by atoms with Gasteiger partial charge >= 0.3 is 0 Å². The van der Waals surface area contributed by atoms with Gasteiger partial charge in [0.15, 0.2) is 0 Å². The quantitative estimate of drug-likeness (QED) is 0.846. The summed E-state index contributed by atoms with van der Waals surface area (Å²) >= 11 is 0. The molecule has 0 aromatic carbocycles. The van der Waals surface area contributed by atoms with Crippen LogP contribution in [0.4, 0.5) is 0 Å². The Kier molecular flexibility index (Phi) is 3.32. The summed E-state index contributed by atoms with van der Waals surface area (Å²) in [5.41, 5.74) is 0.714. The fraction of sp³-hybridized carbons (Fsp3) is 0.533. The van der Waals surface area contributed by atoms with Crippen LogP contribution in [-0.2, 0) is 11.3 Å². The van der Waals surface area contributed by atoms with E-state index < -0.39 is 0 Å². The first kappa shape index (κ1) is 13.4. The summed E-state index contributed by atoms with van der Waals surface area (Å²) in [5.74, 6) is 1.11. The lowest BCUT2D eigenvalue weighted by atomic mass is 10.2. The van der Waals surface area contributed by atoms with Gasteiger partial charge in [-0.25, -0.2) is 0 Å². The van der Waals surface area contributed by atoms with Gasteiger partial charge < -0.3 is 4.90 Å². The van der Waals surface area contributed by atoms with Crippen molar-refractivity contribution in [3.05, 3.63) is 24.4 Å². The summed E-state index contributed by atoms with van der Waals surface area (Å²) in [6, 6.07) is 5.81. The lowest BCUT2D eigenvalue weighted by Crippen LogP contribution is -2.39. The minimum absolute atomic E-state index is 0.193. The second-order valence-corrected chi connectivity index (χ2v) is 5.98. The molecule has 114 valence electrons. The molecule has 2 fully saturated rings. The van der Waals surface area contributed by atoms with Crippen LogP contribution in [0.15, 0.2) is 24.4 Å². The fourth-order valence-corrected chi connectivity index (χ4v) is 2.99. The molecule has 2 aromatic heterocycles. The van der Waals surface area contributed by atoms with Crippen molar-refractivity contribution < 1.29 is 4.79 Å². The predicted molar refractivity (Wildman–Crippen MR) is 78.5 cm³/mol. The molecule has 1 aliphatic carbocycles. The second-order valence-electron chi connectivity index (χ2n) is 5.98. The van der Waals surface area contributed by atoms with Crippen LogP contribution in [0.2, 0.25) is 0 Å². The van der Waals surface area contributed by atoms with Crippen molar-refractivity contribution >= 4 is 5.91 Å². The molecule has 1 atom stereocenters. The van der Waals surface area contributed by atoms with E-state index in [2.05, 4.69) is 20.4 Å². The molecule has 1 amide bonds. The number of hydrogen-bond acceptors (Lipinski definition) is 5. The zero-order chi connectivity index (χ0) is 14.9. The lowest BCUT2D eigenvalue weighted by Gasteiger charge is -2.24. The molecule has 7 heteroatoms. The summed E-state index contributed by atoms with van der Waals surface area (Å²) in [7, 11) is 0. The van der Waals surface area contributed by atoms with E-state index in [1.165, 1.54) is 0 Å². The number of carbonyl (C=O) groups is 1. The summed E-state index contributed by atoms with van der Waals surface area (Å²) in [4.78, 5) is 20.1. The molecule has 7 nitrogen and oxygen atoms in total. The van der Waals surface area contributed by atoms with Crippen LogP contribution in [0.25, 0.3) is 11.5 Å². The number of rotatable bonds is 4. The standard InChI is InChI=1S/C15H18N6O/c22-15(11-6-7-11)20-9-3-4-12(20)10-21-18-14(17-19-21)13-5-1-2-8-16-13/h1-2,5,8,11-12H,3-4,6-7,9-10H2/t12-/m0/s1. The minimum atomic E-state index is 0.193. The van der Waals surface area contributed by atoms with Gasteiger partial charge in [-0.05, 0) is 43.0 Å². The van der Waals surface area contributed by atoms with Gasteiger partial charge in [-0.15, -0.1) is 10.2 Å². The zero-order valence-electron chi connectivity index (χ0n) is 12.3. The third-order valence-corrected chi connectivity index (χ3v) is 4.31. The van der Waals surface area contributed by atoms with Gasteiger partial charge in [0.2, 0.25) is 11.7 Å². The van der Waals surface area contributed by atoms with Crippen LogP contribution in [-0.4, -0.2) is 48.6 Å². The van der Waals surface area contributed by atoms with Gasteiger partial charge in [0.05, 0.1) is 12.6 Å². The summed E-state index contributed by atoms with van der Waals surface area (Å²) in [6.45, 7) is 1.47. The van der Waals surface area contributed by atoms with E-state index in [9.17, 15) is 4.79 Å². The highest BCUT2D eigenvalue weighted by Crippen LogP contribution is 2.33. The summed E-state index contributed by atoms with van der Waals surface area (Å²) < 4.78 is 0. The van der Waals surface area contributed by atoms with Crippen LogP contribution in [0.5, 0.6) is 0 Å². The Morgan fingerprint density at radius 2 is 2.18 bits per heavy atom. The van der Waals surface area contributed by atoms with Crippen molar-refractivity contribution in [3.8, 4) is 11.5 Å². The first-order valence-electron chi connectivity index (χ1n) is 7.81. The highest BCUT2D eigenvalue weighted by atomic mass is 16.2. The van der Waals surface area contributed by atoms with Gasteiger partial charge in [-0.1, -0.05) is 6.07 Å². The number of amides is 1. The fourth-order valence-electron chi connectivity index (χ4n) is 2.99. The Morgan fingerprint density at radius 1 is 1.27 bits per heavy atom. The molecule has 1 aliphatic heterocycles. The van der Waals surface area contributed by atoms with Crippen LogP contribution in [0.3, 0.4) is 0 Å². The van der Waals surface area contributed by atoms with E-state index >= 15 is 0 Å². The predicted octanol–water partition coefficient (Wildman–Crippen LogP) is 1.14. The Balaban J connectivity index is 1.47. The molecule has 1 saturated heterocycles. The molecule has 0 unspecified atom stereocenters. The maximum absolute atomic E-state index is 12.3. The topological polar surface area (TPSA) is 76.8 Å². The molecule has 2 aliphatic rings. The first-order valence-corrected chi connectivity index (χ1v) is 7.81. The highest BCUT2D eigenvalue weighted by molar-refractivity contribution is 5.81. The van der Waals surface area contributed by atoms with Crippen LogP contribution >= 0.6 is 0 Å². The third-order valence-electron chi connectivity index (χ3n) is 4.31. The Bertz CT molecular complexity index is 666. The molecule has 1 saturated carbocycles. The van der Waals surface area contributed by atoms with Crippen molar-refractivity contribution in [1.29, 1.82) is 0 Å². The lowest BCUT2D eigenvalue weighted by molar-refractivity contribution is -0.133. The smallest absolute Gasteiger partial charge is 0.225 e. The average Bonchev–Trinajstić information content (AvgIpc) is 3.13. The number of likely N-dealkylation sites (tertiary alicyclic amines) is 1. The van der Waals surface area contributed by atoms with Crippen molar-refractivity contribution in [2.45, 2.75) is 38.3 Å². The normalized spacial score (nSPS) is 21.3. The molecule has 3 heterocycles. The maximum Gasteiger partial charge on any atom is 0.225 e. The summed E-state index contributed by atoms with van der Waals surface area (Å²) in [5, 5.41) is 12.6. The number of hydrogen-bond donors (Lipinski definition) is 0. The van der Waals surface area contributed by atoms with E-state index in [0.717, 1.165) is 32.2 Å². The Labute approximate surface area is 128 Å². The molecule has 4 rings (SSSR count). The number of carbonyl (C=O) groups excluding carboxylic acids is 1. The van der Waals surface area contributed by atoms with Gasteiger partial charge in [0.1, 0.15) is 5.69 Å². The SMILES string of the molecule is O=C(C1CC1)N1CCC[C@H]1Cn1nnc(-c2ccccn2)n1. The van der Waals surface area contributed by atoms with Crippen molar-refractivity contribution in [3.63, 3.8) is 0 Å². The number of tetrazole rings is 1. The van der Waals surface area contributed by atoms with Crippen LogP contribution < -0.4 is 0 Å². The first-order chi connectivity index (χ1) is 10.8. The van der Waals surface area contributed by atoms with E-state index in [-0.39, 0.29) is 12.0 Å².